The molecule has 1 aromatic heterocycles. The Morgan fingerprint density at radius 3 is 3.00 bits per heavy atom. The van der Waals surface area contributed by atoms with Gasteiger partial charge in [0.2, 0.25) is 0 Å². The molecule has 4 nitrogen and oxygen atoms in total. The molecule has 0 aliphatic carbocycles. The summed E-state index contributed by atoms with van der Waals surface area (Å²) in [5.41, 5.74) is 6.66. The molecule has 1 aliphatic heterocycles. The fraction of sp³-hybridized carbons (Fsp3) is 0.600. The maximum absolute atomic E-state index is 5.70. The lowest BCUT2D eigenvalue weighted by Crippen LogP contribution is -2.35. The van der Waals surface area contributed by atoms with Gasteiger partial charge in [0, 0.05) is 19.1 Å². The van der Waals surface area contributed by atoms with Crippen molar-refractivity contribution in [1.82, 2.24) is 15.1 Å². The van der Waals surface area contributed by atoms with Crippen LogP contribution in [0.3, 0.4) is 0 Å². The molecule has 0 bridgehead atoms. The molecule has 1 saturated heterocycles. The van der Waals surface area contributed by atoms with Crippen molar-refractivity contribution in [1.29, 1.82) is 0 Å². The van der Waals surface area contributed by atoms with Crippen molar-refractivity contribution in [3.63, 3.8) is 0 Å². The van der Waals surface area contributed by atoms with E-state index in [1.165, 1.54) is 12.8 Å². The number of hydrogen-bond acceptors (Lipinski definition) is 4. The lowest BCUT2D eigenvalue weighted by Gasteiger charge is -2.22. The molecular weight excluding hydrogens is 212 g/mol. The smallest absolute Gasteiger partial charge is 0.151 e. The molecule has 82 valence electrons. The predicted molar refractivity (Wildman–Crippen MR) is 59.5 cm³/mol. The Kier molecular flexibility index (Phi) is 3.51. The summed E-state index contributed by atoms with van der Waals surface area (Å²) in [7, 11) is 0. The van der Waals surface area contributed by atoms with E-state index in [2.05, 4.69) is 15.1 Å². The molecule has 0 unspecified atom stereocenters. The Labute approximate surface area is 94.4 Å². The van der Waals surface area contributed by atoms with Gasteiger partial charge in [0.25, 0.3) is 0 Å². The standard InChI is InChI=1S/C10H15ClN4/c11-10-4-3-8(13-14-10)7-15-5-1-2-9(15)6-12/h3-4,9H,1-2,5-7,12H2/t9-/m0/s1. The van der Waals surface area contributed by atoms with Gasteiger partial charge in [-0.1, -0.05) is 11.6 Å². The van der Waals surface area contributed by atoms with E-state index in [4.69, 9.17) is 17.3 Å². The van der Waals surface area contributed by atoms with Crippen LogP contribution in [-0.4, -0.2) is 34.2 Å². The Morgan fingerprint density at radius 1 is 1.47 bits per heavy atom. The highest BCUT2D eigenvalue weighted by Crippen LogP contribution is 2.18. The summed E-state index contributed by atoms with van der Waals surface area (Å²) in [5.74, 6) is 0. The molecular formula is C10H15ClN4. The van der Waals surface area contributed by atoms with E-state index in [-0.39, 0.29) is 0 Å². The van der Waals surface area contributed by atoms with Crippen LogP contribution >= 0.6 is 11.6 Å². The SMILES string of the molecule is NC[C@@H]1CCCN1Cc1ccc(Cl)nn1. The van der Waals surface area contributed by atoms with E-state index in [1.54, 1.807) is 6.07 Å². The van der Waals surface area contributed by atoms with Crippen molar-refractivity contribution in [3.05, 3.63) is 23.0 Å². The summed E-state index contributed by atoms with van der Waals surface area (Å²) in [6.45, 7) is 2.65. The maximum Gasteiger partial charge on any atom is 0.151 e. The largest absolute Gasteiger partial charge is 0.329 e. The number of nitrogens with two attached hydrogens (primary N) is 1. The first-order chi connectivity index (χ1) is 7.29. The fourth-order valence-electron chi connectivity index (χ4n) is 2.01. The third-order valence-electron chi connectivity index (χ3n) is 2.82. The van der Waals surface area contributed by atoms with Gasteiger partial charge >= 0.3 is 0 Å². The summed E-state index contributed by atoms with van der Waals surface area (Å²) >= 11 is 5.68. The average Bonchev–Trinajstić information content (AvgIpc) is 2.69. The summed E-state index contributed by atoms with van der Waals surface area (Å²) in [6.07, 6.45) is 2.42. The third kappa shape index (κ3) is 2.65. The zero-order valence-electron chi connectivity index (χ0n) is 8.56. The second-order valence-electron chi connectivity index (χ2n) is 3.85. The van der Waals surface area contributed by atoms with Gasteiger partial charge in [-0.25, -0.2) is 0 Å². The van der Waals surface area contributed by atoms with Gasteiger partial charge in [-0.15, -0.1) is 5.10 Å². The van der Waals surface area contributed by atoms with Crippen molar-refractivity contribution < 1.29 is 0 Å². The normalized spacial score (nSPS) is 22.1. The second kappa shape index (κ2) is 4.88. The Balaban J connectivity index is 1.99. The van der Waals surface area contributed by atoms with Crippen LogP contribution in [0.5, 0.6) is 0 Å². The highest BCUT2D eigenvalue weighted by molar-refractivity contribution is 6.29. The highest BCUT2D eigenvalue weighted by atomic mass is 35.5. The van der Waals surface area contributed by atoms with Gasteiger partial charge in [-0.3, -0.25) is 4.90 Å². The highest BCUT2D eigenvalue weighted by Gasteiger charge is 2.23. The molecule has 2 heterocycles. The second-order valence-corrected chi connectivity index (χ2v) is 4.24. The van der Waals surface area contributed by atoms with Gasteiger partial charge in [0.05, 0.1) is 5.69 Å². The fourth-order valence-corrected chi connectivity index (χ4v) is 2.11. The molecule has 0 amide bonds. The molecule has 0 radical (unpaired) electrons. The van der Waals surface area contributed by atoms with E-state index in [0.29, 0.717) is 11.2 Å². The average molecular weight is 227 g/mol. The van der Waals surface area contributed by atoms with Crippen molar-refractivity contribution >= 4 is 11.6 Å². The monoisotopic (exact) mass is 226 g/mol. The van der Waals surface area contributed by atoms with Gasteiger partial charge in [-0.2, -0.15) is 5.10 Å². The lowest BCUT2D eigenvalue weighted by molar-refractivity contribution is 0.246. The summed E-state index contributed by atoms with van der Waals surface area (Å²) in [6, 6.07) is 4.20. The number of rotatable bonds is 3. The van der Waals surface area contributed by atoms with E-state index in [0.717, 1.165) is 25.3 Å². The first-order valence-electron chi connectivity index (χ1n) is 5.22. The molecule has 5 heteroatoms. The zero-order chi connectivity index (χ0) is 10.7. The van der Waals surface area contributed by atoms with E-state index < -0.39 is 0 Å². The van der Waals surface area contributed by atoms with Crippen molar-refractivity contribution in [2.24, 2.45) is 5.73 Å². The van der Waals surface area contributed by atoms with Crippen LogP contribution in [0.2, 0.25) is 5.15 Å². The predicted octanol–water partition coefficient (Wildman–Crippen LogP) is 1.05. The molecule has 1 aromatic rings. The van der Waals surface area contributed by atoms with Gasteiger partial charge < -0.3 is 5.73 Å². The van der Waals surface area contributed by atoms with Crippen LogP contribution in [0.15, 0.2) is 12.1 Å². The van der Waals surface area contributed by atoms with Crippen molar-refractivity contribution in [3.8, 4) is 0 Å². The minimum atomic E-state index is 0.440. The van der Waals surface area contributed by atoms with Gasteiger partial charge in [0.1, 0.15) is 0 Å². The molecule has 2 N–H and O–H groups in total. The molecule has 15 heavy (non-hydrogen) atoms. The molecule has 0 spiro atoms. The van der Waals surface area contributed by atoms with Crippen LogP contribution in [0.25, 0.3) is 0 Å². The first kappa shape index (κ1) is 10.8. The molecule has 1 fully saturated rings. The van der Waals surface area contributed by atoms with Gasteiger partial charge in [0.15, 0.2) is 5.15 Å². The molecule has 0 saturated carbocycles. The number of likely N-dealkylation sites (tertiary alicyclic amines) is 1. The lowest BCUT2D eigenvalue weighted by atomic mass is 10.2. The maximum atomic E-state index is 5.70. The van der Waals surface area contributed by atoms with Crippen molar-refractivity contribution in [2.75, 3.05) is 13.1 Å². The van der Waals surface area contributed by atoms with E-state index in [9.17, 15) is 0 Å². The minimum absolute atomic E-state index is 0.440. The van der Waals surface area contributed by atoms with Crippen LogP contribution in [0.4, 0.5) is 0 Å². The Morgan fingerprint density at radius 2 is 2.33 bits per heavy atom. The summed E-state index contributed by atoms with van der Waals surface area (Å²) in [5, 5.41) is 8.32. The number of nitrogens with zero attached hydrogens (tertiary/aromatic N) is 3. The van der Waals surface area contributed by atoms with Crippen LogP contribution in [0.1, 0.15) is 18.5 Å². The van der Waals surface area contributed by atoms with Crippen LogP contribution in [-0.2, 0) is 6.54 Å². The summed E-state index contributed by atoms with van der Waals surface area (Å²) < 4.78 is 0. The minimum Gasteiger partial charge on any atom is -0.329 e. The van der Waals surface area contributed by atoms with Crippen molar-refractivity contribution in [2.45, 2.75) is 25.4 Å². The third-order valence-corrected chi connectivity index (χ3v) is 3.03. The zero-order valence-corrected chi connectivity index (χ0v) is 9.32. The van der Waals surface area contributed by atoms with Crippen LogP contribution in [0, 0.1) is 0 Å². The number of hydrogen-bond donors (Lipinski definition) is 1. The topological polar surface area (TPSA) is 55.0 Å². The number of aromatic nitrogens is 2. The van der Waals surface area contributed by atoms with Gasteiger partial charge in [-0.05, 0) is 31.5 Å². The molecule has 1 aliphatic rings. The molecule has 1 atom stereocenters. The quantitative estimate of drug-likeness (QED) is 0.837. The van der Waals surface area contributed by atoms with E-state index in [1.807, 2.05) is 6.07 Å². The summed E-state index contributed by atoms with van der Waals surface area (Å²) in [4.78, 5) is 2.36. The number of halogens is 1. The Bertz CT molecular complexity index is 314. The Hall–Kier alpha value is -0.710. The molecule has 2 rings (SSSR count). The molecule has 0 aromatic carbocycles. The first-order valence-corrected chi connectivity index (χ1v) is 5.59. The van der Waals surface area contributed by atoms with Crippen LogP contribution < -0.4 is 5.73 Å². The van der Waals surface area contributed by atoms with E-state index >= 15 is 0 Å².